The maximum Gasteiger partial charge on any atom is 0.476 e. The molecule has 16 radical (unpaired) electrons. The van der Waals surface area contributed by atoms with Crippen molar-refractivity contribution in [2.24, 2.45) is 41.4 Å². The summed E-state index contributed by atoms with van der Waals surface area (Å²) in [6.07, 6.45) is -15.7. The van der Waals surface area contributed by atoms with Crippen LogP contribution in [0.25, 0.3) is 0 Å². The number of hydrogen-bond acceptors (Lipinski definition) is 34. The molecule has 0 amide bonds. The molecule has 7 saturated heterocycles. The van der Waals surface area contributed by atoms with Gasteiger partial charge in [-0.25, -0.2) is 36.0 Å². The molecule has 7 rings (SSSR count). The molecule has 7 aliphatic rings. The van der Waals surface area contributed by atoms with Crippen molar-refractivity contribution in [3.8, 4) is 0 Å². The van der Waals surface area contributed by atoms with E-state index < -0.39 is 210 Å². The first-order valence-corrected chi connectivity index (χ1v) is 49.4. The molecule has 0 aliphatic carbocycles. The largest absolute Gasteiger partial charge is 0.476 e. The first kappa shape index (κ1) is 110. The second-order valence-corrected chi connectivity index (χ2v) is 42.1. The minimum absolute atomic E-state index is 0.277. The van der Waals surface area contributed by atoms with Crippen LogP contribution >= 0.6 is 76.0 Å². The third kappa shape index (κ3) is 43.2. The molecular formula is C43H88B8O48P10Se. The van der Waals surface area contributed by atoms with Crippen molar-refractivity contribution in [1.82, 2.24) is 0 Å². The Kier molecular flexibility index (Phi) is 46.5. The molecule has 0 aromatic heterocycles. The standard InChI is InChI=1S/C7H15BO8P2.C6H12B2O8P2.C6H13BO8P2Se.4C6H12BO6P/c1-4-6(9)5(15-7(4)8)3-14-17(2,10)16-18(11,12)13;1-3-5(9)4(15-6(3)7)2-14-17(8,10)16-18(11,12)13;1-3-5(8)4(14-6(3)7)2-13-17(12,18)15-16(9,10)11;4*1-3-5(8)4(13-6(3)7)2-12-14(9,10)11/h4-7,9H,3H2,1-2H3,(H2,11,12,13);3-6,9H,2H2,1H3,(H2,11,12,13);3-6,8H,2H2,1H3,(H,12,18)(H2,9,10,11);4*3-6,8H,2H2,1H3,(H2,9,10,11)/t4-,5-,6+,7-,17?;2*3-,4-,5+,6-,17?;4*3-,4-,5+,6-/m1111111/s1. The van der Waals surface area contributed by atoms with Crippen molar-refractivity contribution in [3.05, 3.63) is 0 Å². The molecule has 0 aromatic carbocycles. The number of aliphatic hydroxyl groups excluding tert-OH is 7. The first-order chi connectivity index (χ1) is 49.3. The van der Waals surface area contributed by atoms with Gasteiger partial charge >= 0.3 is 167 Å². The average Bonchev–Trinajstić information content (AvgIpc) is 1.61. The topological polar surface area (TPSA) is 756 Å². The summed E-state index contributed by atoms with van der Waals surface area (Å²) in [5.41, 5.74) is 0. The van der Waals surface area contributed by atoms with Crippen molar-refractivity contribution in [3.63, 3.8) is 0 Å². The van der Waals surface area contributed by atoms with Crippen molar-refractivity contribution < 1.29 is 228 Å². The molecule has 0 spiro atoms. The molecule has 110 heavy (non-hydrogen) atoms. The number of hydrogen-bond donors (Lipinski definition) is 22. The van der Waals surface area contributed by atoms with Crippen molar-refractivity contribution in [1.29, 1.82) is 0 Å². The fraction of sp³-hybridized carbons (Fsp3) is 1.00. The van der Waals surface area contributed by atoms with E-state index in [1.807, 2.05) is 15.1 Å². The fourth-order valence-electron chi connectivity index (χ4n) is 9.32. The van der Waals surface area contributed by atoms with E-state index in [0.29, 0.717) is 0 Å². The van der Waals surface area contributed by atoms with Crippen LogP contribution in [-0.2, 0) is 119 Å². The summed E-state index contributed by atoms with van der Waals surface area (Å²) in [5.74, 6) is -2.11. The smallest absolute Gasteiger partial charge is 0.390 e. The zero-order valence-electron chi connectivity index (χ0n) is 59.1. The molecule has 628 valence electrons. The first-order valence-electron chi connectivity index (χ1n) is 31.3. The molecule has 48 nitrogen and oxygen atoms in total. The van der Waals surface area contributed by atoms with Crippen LogP contribution in [0, 0.1) is 41.4 Å². The van der Waals surface area contributed by atoms with E-state index in [1.54, 1.807) is 48.5 Å². The molecule has 67 heteroatoms. The number of rotatable bonds is 27. The van der Waals surface area contributed by atoms with Gasteiger partial charge in [-0.15, -0.1) is 0 Å². The van der Waals surface area contributed by atoms with Crippen molar-refractivity contribution in [2.75, 3.05) is 52.9 Å². The SMILES string of the molecule is [B][C@@H]1O[C@H](COP(=O)(O)O)[C@@H](O)[C@H]1C.[B][C@@H]1O[C@H](COP(=O)(O)O)[C@@H](O)[C@H]1C.[B][C@@H]1O[C@H](COP(=O)(O)O)[C@@H](O)[C@H]1C.[B][C@@H]1O[C@H](COP(=O)(O)O)[C@@H](O)[C@H]1C.[B][C@@H]1O[C@H](COP(C)(=O)OP(=O)(O)O)[C@@H](O)[C@H]1C.[B][C@@H]1O[C@H](COP(O)(=[Se])OP(=O)(O)O)[C@@H](O)[C@H]1C.[B][C@@H]1O[C@H](COP([B])(=O)OP(=O)(O)O)[C@@H](O)[C@H]1C. The van der Waals surface area contributed by atoms with Crippen LogP contribution in [0.5, 0.6) is 0 Å². The predicted octanol–water partition coefficient (Wildman–Crippen LogP) is -6.11. The summed E-state index contributed by atoms with van der Waals surface area (Å²) in [7, 11) is 2.18. The van der Waals surface area contributed by atoms with Crippen LogP contribution in [0.15, 0.2) is 0 Å². The van der Waals surface area contributed by atoms with Gasteiger partial charge in [0.25, 0.3) is 7.47 Å². The van der Waals surface area contributed by atoms with Gasteiger partial charge in [0, 0.05) is 78.2 Å². The third-order valence-corrected chi connectivity index (χ3v) is 26.9. The minimum Gasteiger partial charge on any atom is -0.390 e. The van der Waals surface area contributed by atoms with E-state index in [4.69, 9.17) is 173 Å². The second-order valence-electron chi connectivity index (χ2n) is 25.0. The molecule has 0 bridgehead atoms. The van der Waals surface area contributed by atoms with E-state index in [0.717, 1.165) is 6.66 Å². The van der Waals surface area contributed by atoms with E-state index in [2.05, 4.69) is 35.6 Å². The summed E-state index contributed by atoms with van der Waals surface area (Å²) in [4.78, 5) is 128. The number of phosphoric acid groups is 7. The van der Waals surface area contributed by atoms with Gasteiger partial charge in [-0.1, -0.05) is 41.5 Å². The van der Waals surface area contributed by atoms with E-state index >= 15 is 0 Å². The second kappa shape index (κ2) is 46.5. The van der Waals surface area contributed by atoms with Crippen LogP contribution in [0.3, 0.4) is 0 Å². The van der Waals surface area contributed by atoms with E-state index in [1.165, 1.54) is 0 Å². The van der Waals surface area contributed by atoms with Crippen LogP contribution < -0.4 is 0 Å². The number of ether oxygens (including phenoxy) is 7. The Hall–Kier alpha value is 1.98. The van der Waals surface area contributed by atoms with E-state index in [9.17, 15) is 81.7 Å². The van der Waals surface area contributed by atoms with Crippen molar-refractivity contribution >= 4 is 154 Å². The monoisotopic (exact) mass is 1850 g/mol. The molecule has 31 atom stereocenters. The quantitative estimate of drug-likeness (QED) is 0.0269. The molecular weight excluding hydrogens is 1760 g/mol. The molecule has 0 aromatic rings. The Morgan fingerprint density at radius 3 is 0.591 bits per heavy atom. The zero-order chi connectivity index (χ0) is 86.1. The van der Waals surface area contributed by atoms with E-state index in [-0.39, 0.29) is 81.1 Å². The van der Waals surface area contributed by atoms with Gasteiger partial charge in [-0.05, 0) is 0 Å². The summed E-state index contributed by atoms with van der Waals surface area (Å²) in [6, 6.07) is -4.57. The van der Waals surface area contributed by atoms with Gasteiger partial charge in [0.15, 0.2) is 0 Å². The number of phosphoric ester groups is 4. The maximum absolute atomic E-state index is 11.6. The Morgan fingerprint density at radius 2 is 0.436 bits per heavy atom. The Bertz CT molecular complexity index is 2920. The van der Waals surface area contributed by atoms with Crippen LogP contribution in [0.1, 0.15) is 48.5 Å². The number of aliphatic hydroxyl groups is 7. The normalized spacial score (nSPS) is 37.7. The average molecular weight is 1850 g/mol. The Labute approximate surface area is 648 Å². The van der Waals surface area contributed by atoms with Crippen molar-refractivity contribution in [2.45, 2.75) is 176 Å². The predicted molar refractivity (Wildman–Crippen MR) is 378 cm³/mol. The van der Waals surface area contributed by atoms with Gasteiger partial charge in [0.1, 0.15) is 83.7 Å². The van der Waals surface area contributed by atoms with Gasteiger partial charge in [-0.2, -0.15) is 0 Å². The van der Waals surface area contributed by atoms with Gasteiger partial charge < -0.3 is 127 Å². The molecule has 7 fully saturated rings. The minimum atomic E-state index is -5.03. The molecule has 7 heterocycles. The Morgan fingerprint density at radius 1 is 0.273 bits per heavy atom. The van der Waals surface area contributed by atoms with Crippen LogP contribution in [-0.4, -0.2) is 367 Å². The van der Waals surface area contributed by atoms with Gasteiger partial charge in [-0.3, -0.25) is 27.2 Å². The zero-order valence-corrected chi connectivity index (χ0v) is 69.7. The summed E-state index contributed by atoms with van der Waals surface area (Å²) >= 11 is 2.03. The van der Waals surface area contributed by atoms with Crippen LogP contribution in [0.4, 0.5) is 0 Å². The summed E-state index contributed by atoms with van der Waals surface area (Å²) in [6.45, 7) is 10.1. The molecule has 0 saturated carbocycles. The maximum atomic E-state index is 11.6. The molecule has 7 aliphatic heterocycles. The molecule has 22 N–H and O–H groups in total. The van der Waals surface area contributed by atoms with Gasteiger partial charge in [0.2, 0.25) is 7.57 Å². The summed E-state index contributed by atoms with van der Waals surface area (Å²) < 4.78 is 174. The van der Waals surface area contributed by atoms with Gasteiger partial charge in [0.05, 0.1) is 76.3 Å². The third-order valence-electron chi connectivity index (χ3n) is 16.0. The Balaban J connectivity index is 0.000000644. The molecule has 3 unspecified atom stereocenters. The fourth-order valence-corrected chi connectivity index (χ4v) is 18.2. The van der Waals surface area contributed by atoms with Crippen LogP contribution in [0.2, 0.25) is 0 Å². The summed E-state index contributed by atoms with van der Waals surface area (Å²) in [5, 5.41) is 67.0.